The van der Waals surface area contributed by atoms with E-state index in [1.54, 1.807) is 0 Å². The van der Waals surface area contributed by atoms with Gasteiger partial charge in [-0.05, 0) is 65.3 Å². The molecule has 1 aromatic heterocycles. The molecule has 2 aliphatic heterocycles. The van der Waals surface area contributed by atoms with Gasteiger partial charge < -0.3 is 14.9 Å². The first-order valence-corrected chi connectivity index (χ1v) is 11.3. The Hall–Kier alpha value is -1.69. The van der Waals surface area contributed by atoms with Crippen molar-refractivity contribution in [2.75, 3.05) is 44.2 Å². The molecule has 3 heterocycles. The zero-order chi connectivity index (χ0) is 20.4. The molecule has 4 rings (SSSR count). The van der Waals surface area contributed by atoms with Gasteiger partial charge in [0.05, 0.1) is 5.52 Å². The van der Waals surface area contributed by atoms with E-state index in [0.29, 0.717) is 18.1 Å². The van der Waals surface area contributed by atoms with Gasteiger partial charge in [-0.15, -0.1) is 0 Å². The number of hydrogen-bond acceptors (Lipinski definition) is 5. The summed E-state index contributed by atoms with van der Waals surface area (Å²) in [4.78, 5) is 12.5. The lowest BCUT2D eigenvalue weighted by atomic mass is 9.97. The van der Waals surface area contributed by atoms with E-state index >= 15 is 0 Å². The Kier molecular flexibility index (Phi) is 6.38. The maximum Gasteiger partial charge on any atom is 0.0726 e. The smallest absolute Gasteiger partial charge is 0.0726 e. The minimum absolute atomic E-state index is 0.260. The summed E-state index contributed by atoms with van der Waals surface area (Å²) in [6.45, 7) is 12.4. The molecule has 1 N–H and O–H groups in total. The Labute approximate surface area is 175 Å². The van der Waals surface area contributed by atoms with Gasteiger partial charge >= 0.3 is 0 Å². The molecule has 0 unspecified atom stereocenters. The maximum absolute atomic E-state index is 9.76. The number of piperazine rings is 1. The molecule has 5 nitrogen and oxygen atoms in total. The number of aliphatic hydroxyl groups excluding tert-OH is 1. The topological polar surface area (TPSA) is 42.8 Å². The molecular weight excluding hydrogens is 360 g/mol. The van der Waals surface area contributed by atoms with Crippen LogP contribution in [0.25, 0.3) is 10.9 Å². The zero-order valence-corrected chi connectivity index (χ0v) is 18.2. The fraction of sp³-hybridized carbons (Fsp3) is 0.625. The Balaban J connectivity index is 1.52. The Morgan fingerprint density at radius 3 is 2.59 bits per heavy atom. The second kappa shape index (κ2) is 8.99. The highest BCUT2D eigenvalue weighted by Crippen LogP contribution is 2.31. The van der Waals surface area contributed by atoms with Gasteiger partial charge in [0, 0.05) is 61.1 Å². The number of pyridine rings is 1. The van der Waals surface area contributed by atoms with Crippen LogP contribution < -0.4 is 4.90 Å². The first-order chi connectivity index (χ1) is 14.1. The molecule has 0 aliphatic carbocycles. The van der Waals surface area contributed by atoms with E-state index in [9.17, 15) is 5.11 Å². The van der Waals surface area contributed by atoms with E-state index < -0.39 is 0 Å². The molecule has 2 aliphatic rings. The summed E-state index contributed by atoms with van der Waals surface area (Å²) in [5, 5.41) is 11.0. The summed E-state index contributed by atoms with van der Waals surface area (Å²) in [5.41, 5.74) is 3.44. The summed E-state index contributed by atoms with van der Waals surface area (Å²) in [6, 6.07) is 12.4. The minimum Gasteiger partial charge on any atom is -0.396 e. The van der Waals surface area contributed by atoms with Crippen molar-refractivity contribution in [3.63, 3.8) is 0 Å². The predicted molar refractivity (Wildman–Crippen MR) is 121 cm³/mol. The molecular formula is C24H36N4O. The molecule has 29 heavy (non-hydrogen) atoms. The molecule has 1 aromatic carbocycles. The SMILES string of the molecule is Cc1cc(N2CCN(C3CCN(C(C)C)CC3)[C@@H](CCO)C2)c2ccccc2n1. The molecule has 2 saturated heterocycles. The van der Waals surface area contributed by atoms with E-state index in [2.05, 4.69) is 65.8 Å². The summed E-state index contributed by atoms with van der Waals surface area (Å²) in [7, 11) is 0. The van der Waals surface area contributed by atoms with Gasteiger partial charge in [0.25, 0.3) is 0 Å². The summed E-state index contributed by atoms with van der Waals surface area (Å²) < 4.78 is 0. The molecule has 2 fully saturated rings. The number of benzene rings is 1. The molecule has 1 atom stereocenters. The molecule has 5 heteroatoms. The van der Waals surface area contributed by atoms with Gasteiger partial charge in [0.15, 0.2) is 0 Å². The number of aliphatic hydroxyl groups is 1. The summed E-state index contributed by atoms with van der Waals surface area (Å²) in [6.07, 6.45) is 3.34. The lowest BCUT2D eigenvalue weighted by Gasteiger charge is -2.48. The number of likely N-dealkylation sites (tertiary alicyclic amines) is 1. The van der Waals surface area contributed by atoms with Gasteiger partial charge in [-0.25, -0.2) is 0 Å². The Bertz CT molecular complexity index is 816. The highest BCUT2D eigenvalue weighted by Gasteiger charge is 2.34. The molecule has 0 amide bonds. The molecule has 2 aromatic rings. The van der Waals surface area contributed by atoms with E-state index in [-0.39, 0.29) is 6.61 Å². The van der Waals surface area contributed by atoms with Crippen molar-refractivity contribution in [3.05, 3.63) is 36.0 Å². The highest BCUT2D eigenvalue weighted by atomic mass is 16.3. The van der Waals surface area contributed by atoms with E-state index in [0.717, 1.165) is 37.3 Å². The standard InChI is InChI=1S/C24H36N4O/c1-18(2)26-11-8-20(9-12-26)28-14-13-27(17-21(28)10-15-29)24-16-19(3)25-23-7-5-4-6-22(23)24/h4-7,16,18,20-21,29H,8-15,17H2,1-3H3/t21-/m0/s1. The normalized spacial score (nSPS) is 22.7. The van der Waals surface area contributed by atoms with Gasteiger partial charge in [-0.1, -0.05) is 18.2 Å². The molecule has 0 spiro atoms. The quantitative estimate of drug-likeness (QED) is 0.840. The predicted octanol–water partition coefficient (Wildman–Crippen LogP) is 3.29. The highest BCUT2D eigenvalue weighted by molar-refractivity contribution is 5.92. The second-order valence-electron chi connectivity index (χ2n) is 9.01. The van der Waals surface area contributed by atoms with Gasteiger partial charge in [0.2, 0.25) is 0 Å². The van der Waals surface area contributed by atoms with Crippen LogP contribution in [0.5, 0.6) is 0 Å². The average molecular weight is 397 g/mol. The second-order valence-corrected chi connectivity index (χ2v) is 9.01. The summed E-state index contributed by atoms with van der Waals surface area (Å²) in [5.74, 6) is 0. The monoisotopic (exact) mass is 396 g/mol. The minimum atomic E-state index is 0.260. The van der Waals surface area contributed by atoms with E-state index in [1.165, 1.54) is 37.0 Å². The lowest BCUT2D eigenvalue weighted by molar-refractivity contribution is 0.0464. The van der Waals surface area contributed by atoms with Gasteiger partial charge in [-0.2, -0.15) is 0 Å². The molecule has 0 radical (unpaired) electrons. The van der Waals surface area contributed by atoms with Crippen LogP contribution in [0.4, 0.5) is 5.69 Å². The van der Waals surface area contributed by atoms with Crippen LogP contribution in [-0.4, -0.2) is 77.3 Å². The van der Waals surface area contributed by atoms with Crippen molar-refractivity contribution in [2.24, 2.45) is 0 Å². The third-order valence-corrected chi connectivity index (χ3v) is 6.85. The first-order valence-electron chi connectivity index (χ1n) is 11.3. The lowest BCUT2D eigenvalue weighted by Crippen LogP contribution is -2.59. The maximum atomic E-state index is 9.76. The van der Waals surface area contributed by atoms with E-state index in [1.807, 2.05) is 0 Å². The van der Waals surface area contributed by atoms with Crippen molar-refractivity contribution in [1.29, 1.82) is 0 Å². The molecule has 158 valence electrons. The zero-order valence-electron chi connectivity index (χ0n) is 18.2. The van der Waals surface area contributed by atoms with Crippen molar-refractivity contribution < 1.29 is 5.11 Å². The van der Waals surface area contributed by atoms with E-state index in [4.69, 9.17) is 4.98 Å². The largest absolute Gasteiger partial charge is 0.396 e. The van der Waals surface area contributed by atoms with Crippen molar-refractivity contribution in [1.82, 2.24) is 14.8 Å². The molecule has 0 bridgehead atoms. The number of hydrogen-bond donors (Lipinski definition) is 1. The Morgan fingerprint density at radius 2 is 1.86 bits per heavy atom. The fourth-order valence-corrected chi connectivity index (χ4v) is 5.26. The average Bonchev–Trinajstić information content (AvgIpc) is 2.73. The number of aryl methyl sites for hydroxylation is 1. The van der Waals surface area contributed by atoms with Crippen LogP contribution >= 0.6 is 0 Å². The van der Waals surface area contributed by atoms with Gasteiger partial charge in [-0.3, -0.25) is 9.88 Å². The number of aromatic nitrogens is 1. The first kappa shape index (κ1) is 20.6. The van der Waals surface area contributed by atoms with Crippen molar-refractivity contribution >= 4 is 16.6 Å². The fourth-order valence-electron chi connectivity index (χ4n) is 5.26. The van der Waals surface area contributed by atoms with Crippen molar-refractivity contribution in [3.8, 4) is 0 Å². The third kappa shape index (κ3) is 4.42. The van der Waals surface area contributed by atoms with Crippen LogP contribution in [0.15, 0.2) is 30.3 Å². The number of anilines is 1. The van der Waals surface area contributed by atoms with Gasteiger partial charge in [0.1, 0.15) is 0 Å². The number of piperidine rings is 1. The molecule has 0 saturated carbocycles. The number of nitrogens with zero attached hydrogens (tertiary/aromatic N) is 4. The van der Waals surface area contributed by atoms with Crippen LogP contribution in [0.1, 0.15) is 38.8 Å². The number of rotatable bonds is 5. The van der Waals surface area contributed by atoms with Crippen LogP contribution in [0.3, 0.4) is 0 Å². The number of para-hydroxylation sites is 1. The van der Waals surface area contributed by atoms with Crippen LogP contribution in [0.2, 0.25) is 0 Å². The van der Waals surface area contributed by atoms with Crippen LogP contribution in [-0.2, 0) is 0 Å². The third-order valence-electron chi connectivity index (χ3n) is 6.85. The summed E-state index contributed by atoms with van der Waals surface area (Å²) >= 11 is 0. The number of fused-ring (bicyclic) bond motifs is 1. The van der Waals surface area contributed by atoms with Crippen LogP contribution in [0, 0.1) is 6.92 Å². The van der Waals surface area contributed by atoms with Crippen molar-refractivity contribution in [2.45, 2.75) is 58.2 Å². The Morgan fingerprint density at radius 1 is 1.10 bits per heavy atom.